The SMILES string of the molecule is Cc1ccc(-n2cc(CC(=O)O)nc2C)cc1C. The van der Waals surface area contributed by atoms with Crippen LogP contribution in [0.15, 0.2) is 24.4 Å². The van der Waals surface area contributed by atoms with Gasteiger partial charge in [-0.2, -0.15) is 0 Å². The van der Waals surface area contributed by atoms with Crippen molar-refractivity contribution in [3.63, 3.8) is 0 Å². The highest BCUT2D eigenvalue weighted by molar-refractivity contribution is 5.69. The van der Waals surface area contributed by atoms with E-state index in [9.17, 15) is 4.79 Å². The standard InChI is InChI=1S/C14H16N2O2/c1-9-4-5-13(6-10(9)2)16-8-12(7-14(17)18)15-11(16)3/h4-6,8H,7H2,1-3H3,(H,17,18). The Morgan fingerprint density at radius 2 is 2.00 bits per heavy atom. The Kier molecular flexibility index (Phi) is 3.19. The minimum absolute atomic E-state index is 0.0430. The van der Waals surface area contributed by atoms with Crippen molar-refractivity contribution < 1.29 is 9.90 Å². The van der Waals surface area contributed by atoms with E-state index in [1.165, 1.54) is 11.1 Å². The molecule has 1 aromatic carbocycles. The zero-order chi connectivity index (χ0) is 13.3. The predicted octanol–water partition coefficient (Wildman–Crippen LogP) is 2.42. The number of imidazole rings is 1. The lowest BCUT2D eigenvalue weighted by Crippen LogP contribution is -2.00. The monoisotopic (exact) mass is 244 g/mol. The molecule has 2 rings (SSSR count). The molecule has 0 spiro atoms. The number of hydrogen-bond acceptors (Lipinski definition) is 2. The summed E-state index contributed by atoms with van der Waals surface area (Å²) in [6.45, 7) is 6.00. The van der Waals surface area contributed by atoms with Crippen molar-refractivity contribution in [1.29, 1.82) is 0 Å². The number of hydrogen-bond donors (Lipinski definition) is 1. The van der Waals surface area contributed by atoms with E-state index in [-0.39, 0.29) is 6.42 Å². The number of benzene rings is 1. The number of nitrogens with zero attached hydrogens (tertiary/aromatic N) is 2. The highest BCUT2D eigenvalue weighted by atomic mass is 16.4. The molecule has 0 aliphatic rings. The summed E-state index contributed by atoms with van der Waals surface area (Å²) in [6, 6.07) is 6.15. The molecule has 0 amide bonds. The van der Waals surface area contributed by atoms with Gasteiger partial charge in [0.25, 0.3) is 0 Å². The van der Waals surface area contributed by atoms with Crippen molar-refractivity contribution in [2.45, 2.75) is 27.2 Å². The van der Waals surface area contributed by atoms with Crippen LogP contribution < -0.4 is 0 Å². The number of carboxylic acid groups (broad SMARTS) is 1. The second kappa shape index (κ2) is 4.64. The molecule has 1 heterocycles. The quantitative estimate of drug-likeness (QED) is 0.902. The van der Waals surface area contributed by atoms with Gasteiger partial charge < -0.3 is 9.67 Å². The van der Waals surface area contributed by atoms with Crippen molar-refractivity contribution in [2.75, 3.05) is 0 Å². The lowest BCUT2D eigenvalue weighted by molar-refractivity contribution is -0.136. The molecule has 0 atom stereocenters. The largest absolute Gasteiger partial charge is 0.481 e. The number of carbonyl (C=O) groups is 1. The molecule has 2 aromatic rings. The van der Waals surface area contributed by atoms with Gasteiger partial charge in [-0.1, -0.05) is 6.07 Å². The Bertz CT molecular complexity index is 600. The fraction of sp³-hybridized carbons (Fsp3) is 0.286. The van der Waals surface area contributed by atoms with E-state index in [2.05, 4.69) is 31.0 Å². The van der Waals surface area contributed by atoms with Gasteiger partial charge in [0.05, 0.1) is 12.1 Å². The fourth-order valence-corrected chi connectivity index (χ4v) is 1.91. The smallest absolute Gasteiger partial charge is 0.309 e. The number of aryl methyl sites for hydroxylation is 3. The van der Waals surface area contributed by atoms with Gasteiger partial charge in [0.1, 0.15) is 5.82 Å². The summed E-state index contributed by atoms with van der Waals surface area (Å²) in [5.41, 5.74) is 4.04. The van der Waals surface area contributed by atoms with E-state index in [0.29, 0.717) is 5.69 Å². The summed E-state index contributed by atoms with van der Waals surface area (Å²) in [5, 5.41) is 8.77. The molecule has 4 heteroatoms. The van der Waals surface area contributed by atoms with Crippen LogP contribution in [-0.2, 0) is 11.2 Å². The fourth-order valence-electron chi connectivity index (χ4n) is 1.91. The molecular formula is C14H16N2O2. The maximum Gasteiger partial charge on any atom is 0.309 e. The van der Waals surface area contributed by atoms with Crippen LogP contribution in [0.1, 0.15) is 22.6 Å². The van der Waals surface area contributed by atoms with E-state index >= 15 is 0 Å². The van der Waals surface area contributed by atoms with Gasteiger partial charge in [-0.25, -0.2) is 4.98 Å². The highest BCUT2D eigenvalue weighted by Gasteiger charge is 2.09. The van der Waals surface area contributed by atoms with Gasteiger partial charge in [0, 0.05) is 11.9 Å². The third kappa shape index (κ3) is 2.42. The third-order valence-corrected chi connectivity index (χ3v) is 3.03. The van der Waals surface area contributed by atoms with E-state index in [1.807, 2.05) is 17.6 Å². The molecule has 0 aliphatic carbocycles. The Labute approximate surface area is 106 Å². The minimum Gasteiger partial charge on any atom is -0.481 e. The van der Waals surface area contributed by atoms with Crippen LogP contribution in [0.2, 0.25) is 0 Å². The van der Waals surface area contributed by atoms with Crippen LogP contribution in [0.4, 0.5) is 0 Å². The molecule has 1 aromatic heterocycles. The second-order valence-electron chi connectivity index (χ2n) is 4.49. The molecule has 0 fully saturated rings. The molecule has 0 bridgehead atoms. The minimum atomic E-state index is -0.861. The van der Waals surface area contributed by atoms with Crippen LogP contribution in [0, 0.1) is 20.8 Å². The van der Waals surface area contributed by atoms with Gasteiger partial charge >= 0.3 is 5.97 Å². The summed E-state index contributed by atoms with van der Waals surface area (Å²) < 4.78 is 1.92. The summed E-state index contributed by atoms with van der Waals surface area (Å²) in [6.07, 6.45) is 1.74. The first kappa shape index (κ1) is 12.4. The van der Waals surface area contributed by atoms with Crippen molar-refractivity contribution in [3.05, 3.63) is 47.0 Å². The zero-order valence-corrected chi connectivity index (χ0v) is 10.8. The van der Waals surface area contributed by atoms with Crippen molar-refractivity contribution in [3.8, 4) is 5.69 Å². The number of rotatable bonds is 3. The van der Waals surface area contributed by atoms with Gasteiger partial charge in [-0.15, -0.1) is 0 Å². The first-order chi connectivity index (χ1) is 8.47. The van der Waals surface area contributed by atoms with Crippen LogP contribution in [0.5, 0.6) is 0 Å². The van der Waals surface area contributed by atoms with E-state index < -0.39 is 5.97 Å². The van der Waals surface area contributed by atoms with Crippen LogP contribution in [0.3, 0.4) is 0 Å². The third-order valence-electron chi connectivity index (χ3n) is 3.03. The summed E-state index contributed by atoms with van der Waals surface area (Å²) in [5.74, 6) is -0.0609. The predicted molar refractivity (Wildman–Crippen MR) is 69.1 cm³/mol. The van der Waals surface area contributed by atoms with Gasteiger partial charge in [-0.3, -0.25) is 4.79 Å². The average Bonchev–Trinajstić information content (AvgIpc) is 2.62. The maximum atomic E-state index is 10.7. The summed E-state index contributed by atoms with van der Waals surface area (Å²) in [7, 11) is 0. The summed E-state index contributed by atoms with van der Waals surface area (Å²) in [4.78, 5) is 14.9. The molecule has 0 radical (unpaired) electrons. The van der Waals surface area contributed by atoms with Gasteiger partial charge in [-0.05, 0) is 44.0 Å². The maximum absolute atomic E-state index is 10.7. The Morgan fingerprint density at radius 1 is 1.28 bits per heavy atom. The molecule has 0 aliphatic heterocycles. The number of aliphatic carboxylic acids is 1. The molecule has 4 nitrogen and oxygen atoms in total. The van der Waals surface area contributed by atoms with Crippen LogP contribution in [0.25, 0.3) is 5.69 Å². The summed E-state index contributed by atoms with van der Waals surface area (Å²) >= 11 is 0. The van der Waals surface area contributed by atoms with E-state index in [4.69, 9.17) is 5.11 Å². The Morgan fingerprint density at radius 3 is 2.61 bits per heavy atom. The van der Waals surface area contributed by atoms with Crippen LogP contribution >= 0.6 is 0 Å². The van der Waals surface area contributed by atoms with Crippen molar-refractivity contribution >= 4 is 5.97 Å². The van der Waals surface area contributed by atoms with E-state index in [1.54, 1.807) is 6.20 Å². The first-order valence-electron chi connectivity index (χ1n) is 5.81. The van der Waals surface area contributed by atoms with Gasteiger partial charge in [0.2, 0.25) is 0 Å². The topological polar surface area (TPSA) is 55.1 Å². The molecule has 0 saturated heterocycles. The average molecular weight is 244 g/mol. The second-order valence-corrected chi connectivity index (χ2v) is 4.49. The van der Waals surface area contributed by atoms with Crippen LogP contribution in [-0.4, -0.2) is 20.6 Å². The first-order valence-corrected chi connectivity index (χ1v) is 5.81. The Hall–Kier alpha value is -2.10. The van der Waals surface area contributed by atoms with Gasteiger partial charge in [0.15, 0.2) is 0 Å². The molecule has 0 saturated carbocycles. The normalized spacial score (nSPS) is 10.6. The van der Waals surface area contributed by atoms with Crippen molar-refractivity contribution in [1.82, 2.24) is 9.55 Å². The molecule has 94 valence electrons. The lowest BCUT2D eigenvalue weighted by atomic mass is 10.1. The Balaban J connectivity index is 2.41. The van der Waals surface area contributed by atoms with E-state index in [0.717, 1.165) is 11.5 Å². The lowest BCUT2D eigenvalue weighted by Gasteiger charge is -2.07. The zero-order valence-electron chi connectivity index (χ0n) is 10.8. The molecule has 1 N–H and O–H groups in total. The number of aromatic nitrogens is 2. The molecule has 18 heavy (non-hydrogen) atoms. The highest BCUT2D eigenvalue weighted by Crippen LogP contribution is 2.16. The molecular weight excluding hydrogens is 228 g/mol. The van der Waals surface area contributed by atoms with Crippen molar-refractivity contribution in [2.24, 2.45) is 0 Å². The number of carboxylic acids is 1. The molecule has 0 unspecified atom stereocenters.